The molecular weight excluding hydrogens is 622 g/mol. The van der Waals surface area contributed by atoms with Gasteiger partial charge >= 0.3 is 11.9 Å². The first-order valence-corrected chi connectivity index (χ1v) is 16.0. The van der Waals surface area contributed by atoms with Crippen LogP contribution in [-0.2, 0) is 33.8 Å². The first-order valence-electron chi connectivity index (χ1n) is 16.0. The van der Waals surface area contributed by atoms with Gasteiger partial charge in [0.2, 0.25) is 0 Å². The Morgan fingerprint density at radius 1 is 0.939 bits per heavy atom. The number of nitrogens with one attached hydrogen (secondary N) is 2. The zero-order valence-corrected chi connectivity index (χ0v) is 28.2. The number of fused-ring (bicyclic) bond motifs is 2. The molecule has 0 aliphatic rings. The van der Waals surface area contributed by atoms with Crippen LogP contribution < -0.4 is 14.8 Å². The number of aromatic nitrogens is 4. The minimum Gasteiger partial charge on any atom is -0.497 e. The van der Waals surface area contributed by atoms with Crippen molar-refractivity contribution in [2.75, 3.05) is 26.6 Å². The van der Waals surface area contributed by atoms with E-state index in [1.807, 2.05) is 60.7 Å². The first-order chi connectivity index (χ1) is 23.8. The number of hydrogen-bond donors (Lipinski definition) is 2. The molecule has 3 aromatic carbocycles. The number of benzene rings is 3. The molecule has 2 N–H and O–H groups in total. The Balaban J connectivity index is 1.44. The van der Waals surface area contributed by atoms with E-state index in [1.165, 1.54) is 7.11 Å². The summed E-state index contributed by atoms with van der Waals surface area (Å²) in [6.45, 7) is 4.80. The molecule has 49 heavy (non-hydrogen) atoms. The molecule has 3 heterocycles. The van der Waals surface area contributed by atoms with E-state index in [4.69, 9.17) is 28.9 Å². The van der Waals surface area contributed by atoms with Gasteiger partial charge in [-0.3, -0.25) is 4.79 Å². The van der Waals surface area contributed by atoms with Crippen molar-refractivity contribution in [1.29, 1.82) is 0 Å². The van der Waals surface area contributed by atoms with Gasteiger partial charge in [-0.2, -0.15) is 0 Å². The third-order valence-electron chi connectivity index (χ3n) is 8.46. The molecule has 0 spiro atoms. The number of rotatable bonds is 13. The van der Waals surface area contributed by atoms with Crippen molar-refractivity contribution < 1.29 is 28.5 Å². The van der Waals surface area contributed by atoms with Gasteiger partial charge in [0.1, 0.15) is 35.9 Å². The standard InChI is InChI=1S/C38H39N5O6/c1-23(2)43-31(15-16-33(44)49-21-24-9-7-6-8-10-24)34(30-17-25-11-12-26(38(45)48-5)18-29(25)42-30)35-36(40-22-41-37(35)43)39-20-27-13-14-28(46-3)19-32(27)47-4/h6-14,17-19,22-23,42H,15-16,20-21H2,1-5H3,(H,39,40,41). The number of methoxy groups -OCH3 is 3. The molecule has 0 saturated heterocycles. The van der Waals surface area contributed by atoms with Crippen LogP contribution in [0.4, 0.5) is 5.82 Å². The average Bonchev–Trinajstić information content (AvgIpc) is 3.70. The fraction of sp³-hybridized carbons (Fsp3) is 0.263. The number of H-pyrrole nitrogens is 1. The van der Waals surface area contributed by atoms with Gasteiger partial charge in [0.15, 0.2) is 0 Å². The van der Waals surface area contributed by atoms with Crippen molar-refractivity contribution in [2.24, 2.45) is 0 Å². The van der Waals surface area contributed by atoms with Crippen molar-refractivity contribution in [2.45, 2.75) is 45.9 Å². The normalized spacial score (nSPS) is 11.2. The molecule has 0 radical (unpaired) electrons. The third-order valence-corrected chi connectivity index (χ3v) is 8.46. The summed E-state index contributed by atoms with van der Waals surface area (Å²) in [5, 5.41) is 5.24. The molecule has 6 rings (SSSR count). The fourth-order valence-electron chi connectivity index (χ4n) is 6.12. The van der Waals surface area contributed by atoms with Crippen molar-refractivity contribution >= 4 is 39.7 Å². The summed E-state index contributed by atoms with van der Waals surface area (Å²) in [5.41, 5.74) is 6.35. The lowest BCUT2D eigenvalue weighted by molar-refractivity contribution is -0.144. The van der Waals surface area contributed by atoms with E-state index in [1.54, 1.807) is 32.7 Å². The number of hydrogen-bond acceptors (Lipinski definition) is 9. The maximum Gasteiger partial charge on any atom is 0.337 e. The summed E-state index contributed by atoms with van der Waals surface area (Å²) in [4.78, 5) is 38.4. The quantitative estimate of drug-likeness (QED) is 0.123. The van der Waals surface area contributed by atoms with Crippen LogP contribution in [0.15, 0.2) is 79.1 Å². The van der Waals surface area contributed by atoms with E-state index >= 15 is 0 Å². The number of carbonyl (C=O) groups is 2. The molecular formula is C38H39N5O6. The Hall–Kier alpha value is -5.84. The second kappa shape index (κ2) is 14.5. The molecule has 11 nitrogen and oxygen atoms in total. The fourth-order valence-corrected chi connectivity index (χ4v) is 6.12. The largest absolute Gasteiger partial charge is 0.497 e. The smallest absolute Gasteiger partial charge is 0.337 e. The van der Waals surface area contributed by atoms with E-state index < -0.39 is 5.97 Å². The Bertz CT molecular complexity index is 2120. The van der Waals surface area contributed by atoms with E-state index in [-0.39, 0.29) is 25.0 Å². The maximum atomic E-state index is 13.1. The second-order valence-electron chi connectivity index (χ2n) is 11.9. The highest BCUT2D eigenvalue weighted by molar-refractivity contribution is 6.05. The Labute approximate surface area is 284 Å². The number of esters is 2. The molecule has 3 aromatic heterocycles. The molecule has 0 amide bonds. The van der Waals surface area contributed by atoms with Gasteiger partial charge in [-0.15, -0.1) is 0 Å². The molecule has 0 aliphatic carbocycles. The minimum atomic E-state index is -0.419. The summed E-state index contributed by atoms with van der Waals surface area (Å²) in [6, 6.07) is 22.7. The number of anilines is 1. The zero-order chi connectivity index (χ0) is 34.5. The number of aromatic amines is 1. The van der Waals surface area contributed by atoms with E-state index in [9.17, 15) is 9.59 Å². The van der Waals surface area contributed by atoms with Crippen molar-refractivity contribution in [3.63, 3.8) is 0 Å². The monoisotopic (exact) mass is 661 g/mol. The van der Waals surface area contributed by atoms with Crippen molar-refractivity contribution in [3.8, 4) is 22.8 Å². The first kappa shape index (κ1) is 33.1. The lowest BCUT2D eigenvalue weighted by Gasteiger charge is -2.15. The molecule has 0 fully saturated rings. The summed E-state index contributed by atoms with van der Waals surface area (Å²) < 4.78 is 23.8. The zero-order valence-electron chi connectivity index (χ0n) is 28.2. The summed E-state index contributed by atoms with van der Waals surface area (Å²) in [6.07, 6.45) is 2.10. The SMILES string of the molecule is COC(=O)c1ccc2cc(-c3c(CCC(=O)OCc4ccccc4)n(C(C)C)c4ncnc(NCc5ccc(OC)cc5OC)c34)[nH]c2c1. The van der Waals surface area contributed by atoms with E-state index in [2.05, 4.69) is 28.7 Å². The second-order valence-corrected chi connectivity index (χ2v) is 11.9. The van der Waals surface area contributed by atoms with Crippen LogP contribution >= 0.6 is 0 Å². The Morgan fingerprint density at radius 3 is 2.49 bits per heavy atom. The van der Waals surface area contributed by atoms with Gasteiger partial charge in [-0.05, 0) is 56.2 Å². The molecule has 0 unspecified atom stereocenters. The molecule has 0 saturated carbocycles. The van der Waals surface area contributed by atoms with Crippen molar-refractivity contribution in [3.05, 3.63) is 102 Å². The summed E-state index contributed by atoms with van der Waals surface area (Å²) >= 11 is 0. The highest BCUT2D eigenvalue weighted by atomic mass is 16.5. The Morgan fingerprint density at radius 2 is 1.76 bits per heavy atom. The van der Waals surface area contributed by atoms with Crippen LogP contribution in [0, 0.1) is 0 Å². The van der Waals surface area contributed by atoms with Gasteiger partial charge in [0, 0.05) is 52.1 Å². The lowest BCUT2D eigenvalue weighted by atomic mass is 10.0. The van der Waals surface area contributed by atoms with E-state index in [0.717, 1.165) is 50.0 Å². The van der Waals surface area contributed by atoms with Crippen molar-refractivity contribution in [1.82, 2.24) is 19.5 Å². The molecule has 0 aliphatic heterocycles. The minimum absolute atomic E-state index is 0.00586. The number of carbonyl (C=O) groups excluding carboxylic acids is 2. The van der Waals surface area contributed by atoms with Crippen LogP contribution in [0.5, 0.6) is 11.5 Å². The number of nitrogens with zero attached hydrogens (tertiary/aromatic N) is 3. The molecule has 252 valence electrons. The third kappa shape index (κ3) is 6.92. The van der Waals surface area contributed by atoms with Gasteiger partial charge in [-0.1, -0.05) is 36.4 Å². The molecule has 6 aromatic rings. The summed E-state index contributed by atoms with van der Waals surface area (Å²) in [5.74, 6) is 1.29. The number of ether oxygens (including phenoxy) is 4. The van der Waals surface area contributed by atoms with Crippen LogP contribution in [0.1, 0.15) is 53.5 Å². The molecule has 11 heteroatoms. The summed E-state index contributed by atoms with van der Waals surface area (Å²) in [7, 11) is 4.60. The average molecular weight is 662 g/mol. The predicted molar refractivity (Wildman–Crippen MR) is 188 cm³/mol. The van der Waals surface area contributed by atoms with Crippen LogP contribution in [0.25, 0.3) is 33.2 Å². The highest BCUT2D eigenvalue weighted by Crippen LogP contribution is 2.41. The molecule has 0 atom stereocenters. The van der Waals surface area contributed by atoms with Crippen LogP contribution in [-0.4, -0.2) is 52.8 Å². The van der Waals surface area contributed by atoms with Crippen LogP contribution in [0.3, 0.4) is 0 Å². The van der Waals surface area contributed by atoms with Gasteiger partial charge in [0.05, 0.1) is 38.7 Å². The Kier molecular flexibility index (Phi) is 9.79. The van der Waals surface area contributed by atoms with Crippen LogP contribution in [0.2, 0.25) is 0 Å². The van der Waals surface area contributed by atoms with Gasteiger partial charge in [0.25, 0.3) is 0 Å². The predicted octanol–water partition coefficient (Wildman–Crippen LogP) is 7.25. The van der Waals surface area contributed by atoms with Gasteiger partial charge < -0.3 is 33.8 Å². The topological polar surface area (TPSA) is 130 Å². The van der Waals surface area contributed by atoms with E-state index in [0.29, 0.717) is 35.8 Å². The van der Waals surface area contributed by atoms with Gasteiger partial charge in [-0.25, -0.2) is 14.8 Å². The maximum absolute atomic E-state index is 13.1. The highest BCUT2D eigenvalue weighted by Gasteiger charge is 2.26. The molecule has 0 bridgehead atoms. The lowest BCUT2D eigenvalue weighted by Crippen LogP contribution is -2.11.